The normalized spacial score (nSPS) is 16.3. The number of sulfonamides is 1. The van der Waals surface area contributed by atoms with Crippen molar-refractivity contribution in [3.8, 4) is 0 Å². The summed E-state index contributed by atoms with van der Waals surface area (Å²) in [5.74, 6) is -1.44. The molecule has 7 nitrogen and oxygen atoms in total. The lowest BCUT2D eigenvalue weighted by molar-refractivity contribution is 0.0821. The first kappa shape index (κ1) is 20.4. The number of piperidine rings is 1. The molecule has 152 valence electrons. The number of amides is 1. The summed E-state index contributed by atoms with van der Waals surface area (Å²) >= 11 is 0. The topological polar surface area (TPSA) is 83.7 Å². The van der Waals surface area contributed by atoms with Crippen molar-refractivity contribution in [3.63, 3.8) is 0 Å². The van der Waals surface area contributed by atoms with Crippen LogP contribution in [-0.4, -0.2) is 55.7 Å². The van der Waals surface area contributed by atoms with E-state index in [1.165, 1.54) is 4.90 Å². The molecule has 3 rings (SSSR count). The Hall–Kier alpha value is -2.33. The zero-order valence-electron chi connectivity index (χ0n) is 15.8. The van der Waals surface area contributed by atoms with E-state index in [2.05, 4.69) is 4.98 Å². The highest BCUT2D eigenvalue weighted by atomic mass is 32.2. The Morgan fingerprint density at radius 2 is 1.89 bits per heavy atom. The molecule has 0 saturated carbocycles. The van der Waals surface area contributed by atoms with Crippen LogP contribution in [0.3, 0.4) is 0 Å². The van der Waals surface area contributed by atoms with Gasteiger partial charge in [0.05, 0.1) is 0 Å². The standard InChI is InChI=1S/C18H21F2N3O4S/c1-11-16(18(24)22(2)3)21-17(27-11)12-6-8-23(9-7-12)28(25,26)15-10-13(19)4-5-14(15)20/h4-5,10,12H,6-9H2,1-3H3. The maximum atomic E-state index is 13.9. The Morgan fingerprint density at radius 1 is 1.25 bits per heavy atom. The summed E-state index contributed by atoms with van der Waals surface area (Å²) in [5, 5.41) is 0. The Balaban J connectivity index is 1.75. The monoisotopic (exact) mass is 413 g/mol. The van der Waals surface area contributed by atoms with Gasteiger partial charge in [0.15, 0.2) is 11.6 Å². The molecule has 1 aliphatic rings. The number of hydrogen-bond acceptors (Lipinski definition) is 5. The number of benzene rings is 1. The predicted octanol–water partition coefficient (Wildman–Crippen LogP) is 2.53. The van der Waals surface area contributed by atoms with E-state index in [0.717, 1.165) is 16.4 Å². The number of carbonyl (C=O) groups is 1. The number of aryl methyl sites for hydroxylation is 1. The highest BCUT2D eigenvalue weighted by molar-refractivity contribution is 7.89. The van der Waals surface area contributed by atoms with Gasteiger partial charge in [-0.1, -0.05) is 0 Å². The third-order valence-corrected chi connectivity index (χ3v) is 6.65. The van der Waals surface area contributed by atoms with Gasteiger partial charge in [0.1, 0.15) is 22.3 Å². The summed E-state index contributed by atoms with van der Waals surface area (Å²) < 4.78 is 59.4. The van der Waals surface area contributed by atoms with Crippen molar-refractivity contribution in [1.29, 1.82) is 0 Å². The maximum absolute atomic E-state index is 13.9. The molecule has 2 aromatic rings. The average molecular weight is 413 g/mol. The molecule has 1 aliphatic heterocycles. The zero-order valence-corrected chi connectivity index (χ0v) is 16.6. The molecular weight excluding hydrogens is 392 g/mol. The van der Waals surface area contributed by atoms with Gasteiger partial charge < -0.3 is 9.32 Å². The van der Waals surface area contributed by atoms with Crippen LogP contribution in [0.15, 0.2) is 27.5 Å². The molecule has 0 N–H and O–H groups in total. The van der Waals surface area contributed by atoms with E-state index in [1.54, 1.807) is 21.0 Å². The summed E-state index contributed by atoms with van der Waals surface area (Å²) in [6.45, 7) is 1.88. The van der Waals surface area contributed by atoms with E-state index in [1.807, 2.05) is 0 Å². The van der Waals surface area contributed by atoms with E-state index in [-0.39, 0.29) is 30.6 Å². The van der Waals surface area contributed by atoms with Crippen molar-refractivity contribution in [2.45, 2.75) is 30.6 Å². The van der Waals surface area contributed by atoms with Crippen molar-refractivity contribution >= 4 is 15.9 Å². The van der Waals surface area contributed by atoms with E-state index in [9.17, 15) is 22.0 Å². The number of oxazole rings is 1. The Morgan fingerprint density at radius 3 is 2.50 bits per heavy atom. The summed E-state index contributed by atoms with van der Waals surface area (Å²) in [6.07, 6.45) is 0.789. The molecule has 10 heteroatoms. The van der Waals surface area contributed by atoms with E-state index in [4.69, 9.17) is 4.42 Å². The largest absolute Gasteiger partial charge is 0.445 e. The van der Waals surface area contributed by atoms with E-state index >= 15 is 0 Å². The van der Waals surface area contributed by atoms with Gasteiger partial charge in [-0.3, -0.25) is 4.79 Å². The maximum Gasteiger partial charge on any atom is 0.275 e. The molecule has 2 heterocycles. The highest BCUT2D eigenvalue weighted by Gasteiger charge is 2.34. The van der Waals surface area contributed by atoms with Gasteiger partial charge in [0.25, 0.3) is 5.91 Å². The number of hydrogen-bond donors (Lipinski definition) is 0. The van der Waals surface area contributed by atoms with Crippen LogP contribution in [0, 0.1) is 18.6 Å². The van der Waals surface area contributed by atoms with Crippen LogP contribution in [0.5, 0.6) is 0 Å². The fourth-order valence-electron chi connectivity index (χ4n) is 3.16. The molecule has 1 saturated heterocycles. The molecule has 1 aromatic carbocycles. The zero-order chi connectivity index (χ0) is 20.6. The molecule has 1 amide bonds. The summed E-state index contributed by atoms with van der Waals surface area (Å²) in [4.78, 5) is 17.1. The molecule has 1 fully saturated rings. The van der Waals surface area contributed by atoms with Crippen LogP contribution in [0.2, 0.25) is 0 Å². The smallest absolute Gasteiger partial charge is 0.275 e. The van der Waals surface area contributed by atoms with Gasteiger partial charge in [0, 0.05) is 33.1 Å². The van der Waals surface area contributed by atoms with Gasteiger partial charge in [-0.2, -0.15) is 4.31 Å². The highest BCUT2D eigenvalue weighted by Crippen LogP contribution is 2.32. The first-order valence-electron chi connectivity index (χ1n) is 8.75. The molecular formula is C18H21F2N3O4S. The second-order valence-electron chi connectivity index (χ2n) is 6.91. The fourth-order valence-corrected chi connectivity index (χ4v) is 4.70. The third-order valence-electron chi connectivity index (χ3n) is 4.74. The minimum absolute atomic E-state index is 0.112. The lowest BCUT2D eigenvalue weighted by Gasteiger charge is -2.29. The van der Waals surface area contributed by atoms with Crippen LogP contribution in [0.25, 0.3) is 0 Å². The van der Waals surface area contributed by atoms with Crippen LogP contribution in [-0.2, 0) is 10.0 Å². The Labute approximate surface area is 162 Å². The SMILES string of the molecule is Cc1oc(C2CCN(S(=O)(=O)c3cc(F)ccc3F)CC2)nc1C(=O)N(C)C. The fraction of sp³-hybridized carbons (Fsp3) is 0.444. The van der Waals surface area contributed by atoms with Crippen molar-refractivity contribution in [1.82, 2.24) is 14.2 Å². The summed E-state index contributed by atoms with van der Waals surface area (Å²) in [6, 6.07) is 2.36. The number of carbonyl (C=O) groups excluding carboxylic acids is 1. The van der Waals surface area contributed by atoms with Gasteiger partial charge in [0.2, 0.25) is 10.0 Å². The second kappa shape index (κ2) is 7.59. The average Bonchev–Trinajstić information content (AvgIpc) is 3.04. The summed E-state index contributed by atoms with van der Waals surface area (Å²) in [7, 11) is -0.910. The van der Waals surface area contributed by atoms with E-state index in [0.29, 0.717) is 30.6 Å². The Kier molecular flexibility index (Phi) is 5.53. The van der Waals surface area contributed by atoms with Gasteiger partial charge in [-0.25, -0.2) is 22.2 Å². The molecule has 0 bridgehead atoms. The molecule has 0 atom stereocenters. The van der Waals surface area contributed by atoms with Crippen LogP contribution in [0.4, 0.5) is 8.78 Å². The third kappa shape index (κ3) is 3.79. The van der Waals surface area contributed by atoms with Gasteiger partial charge in [-0.15, -0.1) is 0 Å². The minimum atomic E-state index is -4.14. The van der Waals surface area contributed by atoms with E-state index < -0.39 is 26.6 Å². The summed E-state index contributed by atoms with van der Waals surface area (Å²) in [5.41, 5.74) is 0.233. The van der Waals surface area contributed by atoms with Gasteiger partial charge in [-0.05, 0) is 38.0 Å². The molecule has 0 unspecified atom stereocenters. The van der Waals surface area contributed by atoms with Crippen molar-refractivity contribution in [2.24, 2.45) is 0 Å². The number of aromatic nitrogens is 1. The second-order valence-corrected chi connectivity index (χ2v) is 8.82. The van der Waals surface area contributed by atoms with Crippen molar-refractivity contribution in [3.05, 3.63) is 47.2 Å². The lowest BCUT2D eigenvalue weighted by Crippen LogP contribution is -2.38. The molecule has 1 aromatic heterocycles. The van der Waals surface area contributed by atoms with Crippen molar-refractivity contribution < 1.29 is 26.4 Å². The van der Waals surface area contributed by atoms with Gasteiger partial charge >= 0.3 is 0 Å². The predicted molar refractivity (Wildman–Crippen MR) is 96.3 cm³/mol. The minimum Gasteiger partial charge on any atom is -0.445 e. The first-order chi connectivity index (χ1) is 13.1. The molecule has 0 radical (unpaired) electrons. The van der Waals surface area contributed by atoms with Crippen LogP contribution >= 0.6 is 0 Å². The molecule has 28 heavy (non-hydrogen) atoms. The number of rotatable bonds is 4. The molecule has 0 spiro atoms. The Bertz CT molecular complexity index is 996. The number of nitrogens with zero attached hydrogens (tertiary/aromatic N) is 3. The number of halogens is 2. The first-order valence-corrected chi connectivity index (χ1v) is 10.2. The lowest BCUT2D eigenvalue weighted by atomic mass is 9.98. The quantitative estimate of drug-likeness (QED) is 0.769. The molecule has 0 aliphatic carbocycles. The van der Waals surface area contributed by atoms with Crippen LogP contribution in [0.1, 0.15) is 40.9 Å². The van der Waals surface area contributed by atoms with Crippen LogP contribution < -0.4 is 0 Å². The van der Waals surface area contributed by atoms with Crippen molar-refractivity contribution in [2.75, 3.05) is 27.2 Å².